The summed E-state index contributed by atoms with van der Waals surface area (Å²) in [6.45, 7) is 1.34. The van der Waals surface area contributed by atoms with Gasteiger partial charge in [0.15, 0.2) is 11.5 Å². The van der Waals surface area contributed by atoms with Gasteiger partial charge in [0.05, 0.1) is 12.7 Å². The van der Waals surface area contributed by atoms with Crippen LogP contribution >= 0.6 is 0 Å². The van der Waals surface area contributed by atoms with Crippen LogP contribution in [0.25, 0.3) is 0 Å². The Kier molecular flexibility index (Phi) is 6.90. The third kappa shape index (κ3) is 5.14. The van der Waals surface area contributed by atoms with Crippen LogP contribution < -0.4 is 14.8 Å². The first-order valence-corrected chi connectivity index (χ1v) is 6.29. The smallest absolute Gasteiger partial charge is 0.228 e. The highest BCUT2D eigenvalue weighted by molar-refractivity contribution is 5.76. The minimum Gasteiger partial charge on any atom is -0.490 e. The average molecular weight is 280 g/mol. The van der Waals surface area contributed by atoms with E-state index < -0.39 is 6.86 Å². The molecular weight excluding hydrogens is 263 g/mol. The lowest BCUT2D eigenvalue weighted by atomic mass is 10.1. The van der Waals surface area contributed by atoms with Crippen LogP contribution in [0.5, 0.6) is 11.5 Å². The summed E-state index contributed by atoms with van der Waals surface area (Å²) in [4.78, 5) is 11.4. The van der Waals surface area contributed by atoms with Gasteiger partial charge in [-0.15, -0.1) is 0 Å². The average Bonchev–Trinajstić information content (AvgIpc) is 2.45. The number of aryl methyl sites for hydroxylation is 1. The molecule has 0 heterocycles. The summed E-state index contributed by atoms with van der Waals surface area (Å²) in [5.74, 6) is 0.598. The lowest BCUT2D eigenvalue weighted by molar-refractivity contribution is -0.120. The number of ether oxygens (including phenoxy) is 2. The quantitative estimate of drug-likeness (QED) is 0.739. The van der Waals surface area contributed by atoms with Crippen LogP contribution in [0.4, 0.5) is 4.39 Å². The first kappa shape index (κ1) is 15.8. The number of nitrogens with zero attached hydrogens (tertiary/aromatic N) is 1. The lowest BCUT2D eigenvalue weighted by Gasteiger charge is -2.11. The molecule has 1 N–H and O–H groups in total. The van der Waals surface area contributed by atoms with Gasteiger partial charge in [0.25, 0.3) is 0 Å². The molecule has 0 aliphatic heterocycles. The van der Waals surface area contributed by atoms with E-state index in [1.807, 2.05) is 13.0 Å². The molecule has 0 saturated carbocycles. The molecule has 20 heavy (non-hydrogen) atoms. The van der Waals surface area contributed by atoms with Crippen molar-refractivity contribution >= 4 is 5.91 Å². The molecule has 0 unspecified atom stereocenters. The molecular formula is C14H17FN2O3. The van der Waals surface area contributed by atoms with Crippen molar-refractivity contribution in [2.45, 2.75) is 19.8 Å². The molecule has 0 spiro atoms. The van der Waals surface area contributed by atoms with Crippen LogP contribution in [0, 0.1) is 11.3 Å². The van der Waals surface area contributed by atoms with E-state index in [1.54, 1.807) is 18.2 Å². The summed E-state index contributed by atoms with van der Waals surface area (Å²) in [7, 11) is 0. The fourth-order valence-corrected chi connectivity index (χ4v) is 1.64. The Hall–Kier alpha value is -2.29. The number of benzene rings is 1. The van der Waals surface area contributed by atoms with Crippen molar-refractivity contribution in [1.82, 2.24) is 5.32 Å². The number of rotatable bonds is 8. The van der Waals surface area contributed by atoms with Gasteiger partial charge in [0, 0.05) is 6.42 Å². The fraction of sp³-hybridized carbons (Fsp3) is 0.429. The van der Waals surface area contributed by atoms with E-state index in [1.165, 1.54) is 0 Å². The predicted octanol–water partition coefficient (Wildman–Crippen LogP) is 1.96. The van der Waals surface area contributed by atoms with Gasteiger partial charge >= 0.3 is 0 Å². The number of carbonyl (C=O) groups excluding carboxylic acids is 1. The molecule has 0 saturated heterocycles. The van der Waals surface area contributed by atoms with Crippen LogP contribution in [-0.2, 0) is 11.2 Å². The van der Waals surface area contributed by atoms with Gasteiger partial charge in [0.1, 0.15) is 6.54 Å². The zero-order valence-electron chi connectivity index (χ0n) is 11.3. The number of alkyl halides is 1. The maximum atomic E-state index is 12.3. The van der Waals surface area contributed by atoms with Gasteiger partial charge in [-0.3, -0.25) is 4.79 Å². The van der Waals surface area contributed by atoms with E-state index in [0.29, 0.717) is 24.5 Å². The van der Waals surface area contributed by atoms with Crippen LogP contribution in [-0.4, -0.2) is 25.9 Å². The van der Waals surface area contributed by atoms with E-state index in [0.717, 1.165) is 5.56 Å². The molecule has 0 atom stereocenters. The van der Waals surface area contributed by atoms with Gasteiger partial charge < -0.3 is 14.8 Å². The van der Waals surface area contributed by atoms with E-state index >= 15 is 0 Å². The lowest BCUT2D eigenvalue weighted by Crippen LogP contribution is -2.23. The van der Waals surface area contributed by atoms with Crippen LogP contribution in [0.2, 0.25) is 0 Å². The zero-order valence-corrected chi connectivity index (χ0v) is 11.3. The first-order valence-electron chi connectivity index (χ1n) is 6.29. The van der Waals surface area contributed by atoms with Gasteiger partial charge in [-0.2, -0.15) is 5.26 Å². The van der Waals surface area contributed by atoms with Crippen molar-refractivity contribution in [2.24, 2.45) is 0 Å². The Balaban J connectivity index is 2.64. The molecule has 0 aromatic heterocycles. The Labute approximate surface area is 117 Å². The van der Waals surface area contributed by atoms with Crippen molar-refractivity contribution in [1.29, 1.82) is 5.26 Å². The second kappa shape index (κ2) is 8.75. The molecule has 0 fully saturated rings. The van der Waals surface area contributed by atoms with E-state index in [-0.39, 0.29) is 18.9 Å². The van der Waals surface area contributed by atoms with Gasteiger partial charge in [-0.1, -0.05) is 6.07 Å². The van der Waals surface area contributed by atoms with Crippen molar-refractivity contribution in [3.63, 3.8) is 0 Å². The van der Waals surface area contributed by atoms with Crippen LogP contribution in [0.3, 0.4) is 0 Å². The SMILES string of the molecule is CCOc1ccc(CCC(=O)NCC#N)cc1OCF. The number of hydrogen-bond acceptors (Lipinski definition) is 4. The molecule has 0 aliphatic carbocycles. The van der Waals surface area contributed by atoms with Crippen LogP contribution in [0.1, 0.15) is 18.9 Å². The minimum absolute atomic E-state index is 0.00166. The minimum atomic E-state index is -0.938. The Morgan fingerprint density at radius 3 is 2.85 bits per heavy atom. The summed E-state index contributed by atoms with van der Waals surface area (Å²) >= 11 is 0. The Bertz CT molecular complexity index is 486. The highest BCUT2D eigenvalue weighted by atomic mass is 19.1. The number of nitriles is 1. The van der Waals surface area contributed by atoms with Crippen molar-refractivity contribution in [3.8, 4) is 17.6 Å². The molecule has 6 heteroatoms. The number of amides is 1. The molecule has 1 rings (SSSR count). The largest absolute Gasteiger partial charge is 0.490 e. The standard InChI is InChI=1S/C14H17FN2O3/c1-2-19-12-5-3-11(9-13(12)20-10-15)4-6-14(18)17-8-7-16/h3,5,9H,2,4,6,8,10H2,1H3,(H,17,18). The monoisotopic (exact) mass is 280 g/mol. The molecule has 1 aromatic carbocycles. The maximum absolute atomic E-state index is 12.3. The third-order valence-electron chi connectivity index (χ3n) is 2.52. The summed E-state index contributed by atoms with van der Waals surface area (Å²) in [6, 6.07) is 6.98. The fourth-order valence-electron chi connectivity index (χ4n) is 1.64. The van der Waals surface area contributed by atoms with E-state index in [9.17, 15) is 9.18 Å². The van der Waals surface area contributed by atoms with Gasteiger partial charge in [-0.05, 0) is 31.0 Å². The van der Waals surface area contributed by atoms with E-state index in [4.69, 9.17) is 14.7 Å². The number of halogens is 1. The van der Waals surface area contributed by atoms with Gasteiger partial charge in [-0.25, -0.2) is 4.39 Å². The Morgan fingerprint density at radius 2 is 2.20 bits per heavy atom. The molecule has 1 amide bonds. The molecule has 108 valence electrons. The highest BCUT2D eigenvalue weighted by Crippen LogP contribution is 2.29. The van der Waals surface area contributed by atoms with E-state index in [2.05, 4.69) is 5.32 Å². The summed E-state index contributed by atoms with van der Waals surface area (Å²) in [5, 5.41) is 10.8. The molecule has 5 nitrogen and oxygen atoms in total. The molecule has 1 aromatic rings. The topological polar surface area (TPSA) is 71.3 Å². The predicted molar refractivity (Wildman–Crippen MR) is 71.2 cm³/mol. The molecule has 0 radical (unpaired) electrons. The summed E-state index contributed by atoms with van der Waals surface area (Å²) < 4.78 is 22.5. The number of nitrogens with one attached hydrogen (secondary N) is 1. The van der Waals surface area contributed by atoms with Crippen molar-refractivity contribution in [2.75, 3.05) is 20.0 Å². The first-order chi connectivity index (χ1) is 9.71. The maximum Gasteiger partial charge on any atom is 0.228 e. The van der Waals surface area contributed by atoms with Gasteiger partial charge in [0.2, 0.25) is 12.8 Å². The highest BCUT2D eigenvalue weighted by Gasteiger charge is 2.08. The third-order valence-corrected chi connectivity index (χ3v) is 2.52. The summed E-state index contributed by atoms with van der Waals surface area (Å²) in [5.41, 5.74) is 0.837. The summed E-state index contributed by atoms with van der Waals surface area (Å²) in [6.07, 6.45) is 0.733. The zero-order chi connectivity index (χ0) is 14.8. The second-order valence-corrected chi connectivity index (χ2v) is 3.90. The number of carbonyl (C=O) groups is 1. The normalized spacial score (nSPS) is 9.65. The van der Waals surface area contributed by atoms with Crippen molar-refractivity contribution in [3.05, 3.63) is 23.8 Å². The van der Waals surface area contributed by atoms with Crippen LogP contribution in [0.15, 0.2) is 18.2 Å². The number of hydrogen-bond donors (Lipinski definition) is 1. The Morgan fingerprint density at radius 1 is 1.40 bits per heavy atom. The second-order valence-electron chi connectivity index (χ2n) is 3.90. The molecule has 0 aliphatic rings. The molecule has 0 bridgehead atoms. The van der Waals surface area contributed by atoms with Crippen molar-refractivity contribution < 1.29 is 18.7 Å².